The number of carbonyl (C=O) groups excluding carboxylic acids is 1. The molecule has 106 valence electrons. The molecule has 20 heavy (non-hydrogen) atoms. The topological polar surface area (TPSA) is 79.9 Å². The van der Waals surface area contributed by atoms with Crippen molar-refractivity contribution in [1.29, 1.82) is 0 Å². The number of esters is 1. The quantitative estimate of drug-likeness (QED) is 0.621. The Labute approximate surface area is 117 Å². The van der Waals surface area contributed by atoms with E-state index in [-0.39, 0.29) is 5.82 Å². The van der Waals surface area contributed by atoms with Crippen molar-refractivity contribution in [1.82, 2.24) is 15.2 Å². The van der Waals surface area contributed by atoms with Gasteiger partial charge in [-0.1, -0.05) is 29.8 Å². The van der Waals surface area contributed by atoms with Gasteiger partial charge in [0, 0.05) is 6.54 Å². The van der Waals surface area contributed by atoms with Crippen molar-refractivity contribution in [3.05, 3.63) is 41.2 Å². The molecule has 2 aromatic rings. The SMILES string of the molecule is COC(=O)c1nc(NCCCc2ccc(C)cc2)n[nH]1. The number of hydrogen-bond donors (Lipinski definition) is 2. The maximum Gasteiger partial charge on any atom is 0.375 e. The summed E-state index contributed by atoms with van der Waals surface area (Å²) in [5.41, 5.74) is 2.57. The van der Waals surface area contributed by atoms with Gasteiger partial charge in [0.05, 0.1) is 7.11 Å². The summed E-state index contributed by atoms with van der Waals surface area (Å²) in [6.07, 6.45) is 1.95. The molecular weight excluding hydrogens is 256 g/mol. The van der Waals surface area contributed by atoms with Crippen LogP contribution in [0.2, 0.25) is 0 Å². The molecular formula is C14H18N4O2. The van der Waals surface area contributed by atoms with Crippen LogP contribution < -0.4 is 5.32 Å². The smallest absolute Gasteiger partial charge is 0.375 e. The van der Waals surface area contributed by atoms with Gasteiger partial charge in [-0.2, -0.15) is 4.98 Å². The number of aromatic nitrogens is 3. The molecule has 0 unspecified atom stereocenters. The molecule has 0 amide bonds. The summed E-state index contributed by atoms with van der Waals surface area (Å²) in [7, 11) is 1.31. The highest BCUT2D eigenvalue weighted by Gasteiger charge is 2.10. The van der Waals surface area contributed by atoms with Gasteiger partial charge >= 0.3 is 5.97 Å². The maximum atomic E-state index is 11.2. The first-order chi connectivity index (χ1) is 9.69. The molecule has 0 aliphatic rings. The number of H-pyrrole nitrogens is 1. The third kappa shape index (κ3) is 3.81. The molecule has 0 aliphatic carbocycles. The second-order valence-electron chi connectivity index (χ2n) is 4.52. The molecule has 1 aromatic heterocycles. The molecule has 6 nitrogen and oxygen atoms in total. The van der Waals surface area contributed by atoms with Gasteiger partial charge in [-0.25, -0.2) is 4.79 Å². The number of hydrogen-bond acceptors (Lipinski definition) is 5. The Balaban J connectivity index is 1.74. The van der Waals surface area contributed by atoms with Crippen LogP contribution in [-0.2, 0) is 11.2 Å². The summed E-state index contributed by atoms with van der Waals surface area (Å²) in [6, 6.07) is 8.50. The third-order valence-electron chi connectivity index (χ3n) is 2.91. The highest BCUT2D eigenvalue weighted by Crippen LogP contribution is 2.06. The lowest BCUT2D eigenvalue weighted by Crippen LogP contribution is -2.06. The van der Waals surface area contributed by atoms with Crippen molar-refractivity contribution in [3.63, 3.8) is 0 Å². The summed E-state index contributed by atoms with van der Waals surface area (Å²) in [5, 5.41) is 9.48. The van der Waals surface area contributed by atoms with E-state index in [1.165, 1.54) is 18.2 Å². The number of nitrogens with zero attached hydrogens (tertiary/aromatic N) is 2. The largest absolute Gasteiger partial charge is 0.463 e. The van der Waals surface area contributed by atoms with E-state index in [0.29, 0.717) is 5.95 Å². The van der Waals surface area contributed by atoms with Crippen molar-refractivity contribution in [2.75, 3.05) is 19.0 Å². The fourth-order valence-corrected chi connectivity index (χ4v) is 1.78. The van der Waals surface area contributed by atoms with Gasteiger partial charge in [0.1, 0.15) is 0 Å². The molecule has 2 rings (SSSR count). The second-order valence-corrected chi connectivity index (χ2v) is 4.52. The highest BCUT2D eigenvalue weighted by molar-refractivity contribution is 5.85. The average molecular weight is 274 g/mol. The molecule has 1 aromatic carbocycles. The molecule has 1 heterocycles. The van der Waals surface area contributed by atoms with Crippen LogP contribution in [0.4, 0.5) is 5.95 Å². The van der Waals surface area contributed by atoms with Crippen molar-refractivity contribution in [3.8, 4) is 0 Å². The van der Waals surface area contributed by atoms with Gasteiger partial charge in [0.15, 0.2) is 0 Å². The van der Waals surface area contributed by atoms with Crippen LogP contribution in [-0.4, -0.2) is 34.8 Å². The number of nitrogens with one attached hydrogen (secondary N) is 2. The predicted molar refractivity (Wildman–Crippen MR) is 75.7 cm³/mol. The van der Waals surface area contributed by atoms with E-state index in [9.17, 15) is 4.79 Å². The first-order valence-electron chi connectivity index (χ1n) is 6.49. The summed E-state index contributed by atoms with van der Waals surface area (Å²) < 4.78 is 4.54. The molecule has 0 bridgehead atoms. The van der Waals surface area contributed by atoms with E-state index in [4.69, 9.17) is 0 Å². The number of aryl methyl sites for hydroxylation is 2. The molecule has 0 radical (unpaired) electrons. The highest BCUT2D eigenvalue weighted by atomic mass is 16.5. The van der Waals surface area contributed by atoms with E-state index in [2.05, 4.69) is 56.4 Å². The van der Waals surface area contributed by atoms with Crippen molar-refractivity contribution < 1.29 is 9.53 Å². The monoisotopic (exact) mass is 274 g/mol. The Bertz CT molecular complexity index is 563. The molecule has 2 N–H and O–H groups in total. The van der Waals surface area contributed by atoms with E-state index in [1.807, 2.05) is 0 Å². The van der Waals surface area contributed by atoms with Crippen LogP contribution in [0.15, 0.2) is 24.3 Å². The second kappa shape index (κ2) is 6.70. The Hall–Kier alpha value is -2.37. The molecule has 6 heteroatoms. The summed E-state index contributed by atoms with van der Waals surface area (Å²) in [4.78, 5) is 15.2. The van der Waals surface area contributed by atoms with Crippen molar-refractivity contribution >= 4 is 11.9 Å². The molecule has 0 spiro atoms. The molecule has 0 aliphatic heterocycles. The molecule has 0 saturated heterocycles. The normalized spacial score (nSPS) is 10.3. The minimum atomic E-state index is -0.523. The van der Waals surface area contributed by atoms with Gasteiger partial charge in [0.25, 0.3) is 0 Å². The lowest BCUT2D eigenvalue weighted by atomic mass is 10.1. The number of aromatic amines is 1. The van der Waals surface area contributed by atoms with Crippen molar-refractivity contribution in [2.45, 2.75) is 19.8 Å². The number of rotatable bonds is 6. The van der Waals surface area contributed by atoms with Crippen LogP contribution in [0.25, 0.3) is 0 Å². The van der Waals surface area contributed by atoms with Crippen LogP contribution >= 0.6 is 0 Å². The Morgan fingerprint density at radius 2 is 2.10 bits per heavy atom. The Morgan fingerprint density at radius 1 is 1.35 bits per heavy atom. The van der Waals surface area contributed by atoms with Crippen LogP contribution in [0, 0.1) is 6.92 Å². The fraction of sp³-hybridized carbons (Fsp3) is 0.357. The number of ether oxygens (including phenoxy) is 1. The Kier molecular flexibility index (Phi) is 4.70. The van der Waals surface area contributed by atoms with Crippen LogP contribution in [0.3, 0.4) is 0 Å². The first-order valence-corrected chi connectivity index (χ1v) is 6.49. The van der Waals surface area contributed by atoms with E-state index < -0.39 is 5.97 Å². The van der Waals surface area contributed by atoms with E-state index >= 15 is 0 Å². The predicted octanol–water partition coefficient (Wildman–Crippen LogP) is 1.94. The molecule has 0 fully saturated rings. The van der Waals surface area contributed by atoms with Crippen LogP contribution in [0.5, 0.6) is 0 Å². The van der Waals surface area contributed by atoms with Gasteiger partial charge in [-0.15, -0.1) is 5.10 Å². The maximum absolute atomic E-state index is 11.2. The third-order valence-corrected chi connectivity index (χ3v) is 2.91. The zero-order chi connectivity index (χ0) is 14.4. The summed E-state index contributed by atoms with van der Waals surface area (Å²) in [5.74, 6) is -0.00644. The lowest BCUT2D eigenvalue weighted by molar-refractivity contribution is 0.0587. The van der Waals surface area contributed by atoms with Gasteiger partial charge in [-0.05, 0) is 25.3 Å². The van der Waals surface area contributed by atoms with E-state index in [1.54, 1.807) is 0 Å². The minimum Gasteiger partial charge on any atom is -0.463 e. The van der Waals surface area contributed by atoms with Gasteiger partial charge < -0.3 is 10.1 Å². The van der Waals surface area contributed by atoms with Crippen molar-refractivity contribution in [2.24, 2.45) is 0 Å². The van der Waals surface area contributed by atoms with Gasteiger partial charge in [-0.3, -0.25) is 5.10 Å². The van der Waals surface area contributed by atoms with Gasteiger partial charge in [0.2, 0.25) is 11.8 Å². The molecule has 0 saturated carbocycles. The van der Waals surface area contributed by atoms with Crippen LogP contribution in [0.1, 0.15) is 28.2 Å². The molecule has 0 atom stereocenters. The first kappa shape index (κ1) is 14.0. The summed E-state index contributed by atoms with van der Waals surface area (Å²) >= 11 is 0. The number of methoxy groups -OCH3 is 1. The number of benzene rings is 1. The number of carbonyl (C=O) groups is 1. The zero-order valence-corrected chi connectivity index (χ0v) is 11.6. The van der Waals surface area contributed by atoms with E-state index in [0.717, 1.165) is 19.4 Å². The number of anilines is 1. The average Bonchev–Trinajstić information content (AvgIpc) is 2.93. The zero-order valence-electron chi connectivity index (χ0n) is 11.6. The minimum absolute atomic E-state index is 0.105. The fourth-order valence-electron chi connectivity index (χ4n) is 1.78. The summed E-state index contributed by atoms with van der Waals surface area (Å²) in [6.45, 7) is 2.82. The Morgan fingerprint density at radius 3 is 2.80 bits per heavy atom. The standard InChI is InChI=1S/C14H18N4O2/c1-10-5-7-11(8-6-10)4-3-9-15-14-16-12(17-18-14)13(19)20-2/h5-8H,3-4,9H2,1-2H3,(H2,15,16,17,18). The lowest BCUT2D eigenvalue weighted by Gasteiger charge is -2.03.